The lowest BCUT2D eigenvalue weighted by atomic mass is 9.93. The summed E-state index contributed by atoms with van der Waals surface area (Å²) < 4.78 is 2.32. The third-order valence-corrected chi connectivity index (χ3v) is 3.33. The highest BCUT2D eigenvalue weighted by Crippen LogP contribution is 2.38. The normalized spacial score (nSPS) is 16.3. The molecule has 0 spiro atoms. The van der Waals surface area contributed by atoms with Gasteiger partial charge in [0.25, 0.3) is 0 Å². The number of hydrogen-bond acceptors (Lipinski definition) is 3. The van der Waals surface area contributed by atoms with E-state index in [4.69, 9.17) is 5.73 Å². The molecule has 0 radical (unpaired) electrons. The van der Waals surface area contributed by atoms with Crippen molar-refractivity contribution < 1.29 is 0 Å². The summed E-state index contributed by atoms with van der Waals surface area (Å²) in [7, 11) is 2.11. The SMILES string of the molecule is Cc1cn(C2CC2)c(N(C)CC(C)(C)CN)n1. The average Bonchev–Trinajstić information content (AvgIpc) is 3.01. The third kappa shape index (κ3) is 2.80. The van der Waals surface area contributed by atoms with Gasteiger partial charge in [0.15, 0.2) is 0 Å². The maximum absolute atomic E-state index is 5.79. The molecule has 17 heavy (non-hydrogen) atoms. The second kappa shape index (κ2) is 4.33. The number of hydrogen-bond donors (Lipinski definition) is 1. The molecule has 2 rings (SSSR count). The second-order valence-corrected chi connectivity index (χ2v) is 6.05. The summed E-state index contributed by atoms with van der Waals surface area (Å²) in [6.07, 6.45) is 4.74. The Labute approximate surface area is 104 Å². The van der Waals surface area contributed by atoms with E-state index in [0.717, 1.165) is 18.2 Å². The van der Waals surface area contributed by atoms with E-state index >= 15 is 0 Å². The molecule has 2 N–H and O–H groups in total. The molecule has 1 aliphatic rings. The van der Waals surface area contributed by atoms with Gasteiger partial charge in [0.05, 0.1) is 5.69 Å². The zero-order valence-corrected chi connectivity index (χ0v) is 11.4. The summed E-state index contributed by atoms with van der Waals surface area (Å²) in [5, 5.41) is 0. The van der Waals surface area contributed by atoms with Crippen LogP contribution in [-0.4, -0.2) is 29.7 Å². The van der Waals surface area contributed by atoms with Crippen LogP contribution in [0, 0.1) is 12.3 Å². The fraction of sp³-hybridized carbons (Fsp3) is 0.769. The Morgan fingerprint density at radius 3 is 2.71 bits per heavy atom. The minimum absolute atomic E-state index is 0.128. The first-order valence-corrected chi connectivity index (χ1v) is 6.39. The van der Waals surface area contributed by atoms with Gasteiger partial charge in [-0.2, -0.15) is 0 Å². The standard InChI is InChI=1S/C13H24N4/c1-10-7-17(11-5-6-11)12(15-10)16(4)9-13(2,3)8-14/h7,11H,5-6,8-9,14H2,1-4H3. The molecule has 1 aromatic heterocycles. The summed E-state index contributed by atoms with van der Waals surface area (Å²) in [4.78, 5) is 6.87. The highest BCUT2D eigenvalue weighted by Gasteiger charge is 2.28. The first-order valence-electron chi connectivity index (χ1n) is 6.39. The lowest BCUT2D eigenvalue weighted by molar-refractivity contribution is 0.381. The van der Waals surface area contributed by atoms with Gasteiger partial charge in [-0.1, -0.05) is 13.8 Å². The summed E-state index contributed by atoms with van der Waals surface area (Å²) in [5.74, 6) is 1.09. The molecule has 4 heteroatoms. The van der Waals surface area contributed by atoms with E-state index in [9.17, 15) is 0 Å². The molecule has 0 aromatic carbocycles. The maximum Gasteiger partial charge on any atom is 0.205 e. The van der Waals surface area contributed by atoms with Crippen molar-refractivity contribution >= 4 is 5.95 Å². The molecule has 0 atom stereocenters. The van der Waals surface area contributed by atoms with Crippen LogP contribution in [0.4, 0.5) is 5.95 Å². The van der Waals surface area contributed by atoms with Gasteiger partial charge >= 0.3 is 0 Å². The van der Waals surface area contributed by atoms with Crippen LogP contribution in [-0.2, 0) is 0 Å². The molecular weight excluding hydrogens is 212 g/mol. The fourth-order valence-electron chi connectivity index (χ4n) is 2.18. The Balaban J connectivity index is 2.15. The molecule has 1 aliphatic carbocycles. The van der Waals surface area contributed by atoms with Crippen LogP contribution in [0.2, 0.25) is 0 Å². The quantitative estimate of drug-likeness (QED) is 0.850. The number of nitrogens with zero attached hydrogens (tertiary/aromatic N) is 3. The topological polar surface area (TPSA) is 47.1 Å². The molecular formula is C13H24N4. The van der Waals surface area contributed by atoms with E-state index in [2.05, 4.69) is 48.5 Å². The largest absolute Gasteiger partial charge is 0.345 e. The number of imidazole rings is 1. The van der Waals surface area contributed by atoms with Crippen LogP contribution in [0.1, 0.15) is 38.4 Å². The van der Waals surface area contributed by atoms with Gasteiger partial charge in [0, 0.05) is 25.8 Å². The third-order valence-electron chi connectivity index (χ3n) is 3.33. The smallest absolute Gasteiger partial charge is 0.205 e. The van der Waals surface area contributed by atoms with Crippen molar-refractivity contribution in [3.8, 4) is 0 Å². The van der Waals surface area contributed by atoms with Crippen LogP contribution >= 0.6 is 0 Å². The minimum atomic E-state index is 0.128. The highest BCUT2D eigenvalue weighted by atomic mass is 15.3. The van der Waals surface area contributed by atoms with Crippen molar-refractivity contribution in [2.24, 2.45) is 11.1 Å². The Hall–Kier alpha value is -1.03. The molecule has 96 valence electrons. The Bertz CT molecular complexity index is 390. The van der Waals surface area contributed by atoms with Gasteiger partial charge in [-0.25, -0.2) is 4.98 Å². The first-order chi connectivity index (χ1) is 7.93. The van der Waals surface area contributed by atoms with Gasteiger partial charge in [0.1, 0.15) is 0 Å². The van der Waals surface area contributed by atoms with E-state index < -0.39 is 0 Å². The van der Waals surface area contributed by atoms with Crippen LogP contribution in [0.25, 0.3) is 0 Å². The van der Waals surface area contributed by atoms with Crippen LogP contribution < -0.4 is 10.6 Å². The summed E-state index contributed by atoms with van der Waals surface area (Å²) in [6, 6.07) is 0.676. The van der Waals surface area contributed by atoms with Gasteiger partial charge < -0.3 is 15.2 Å². The zero-order valence-electron chi connectivity index (χ0n) is 11.4. The Morgan fingerprint density at radius 1 is 1.53 bits per heavy atom. The number of aryl methyl sites for hydroxylation is 1. The van der Waals surface area contributed by atoms with Crippen molar-refractivity contribution in [3.63, 3.8) is 0 Å². The van der Waals surface area contributed by atoms with Crippen molar-refractivity contribution in [3.05, 3.63) is 11.9 Å². The molecule has 1 fully saturated rings. The molecule has 0 amide bonds. The maximum atomic E-state index is 5.79. The summed E-state index contributed by atoms with van der Waals surface area (Å²) in [5.41, 5.74) is 7.02. The predicted molar refractivity (Wildman–Crippen MR) is 71.3 cm³/mol. The van der Waals surface area contributed by atoms with E-state index in [1.54, 1.807) is 0 Å². The fourth-order valence-corrected chi connectivity index (χ4v) is 2.18. The Morgan fingerprint density at radius 2 is 2.18 bits per heavy atom. The molecule has 0 aliphatic heterocycles. The lowest BCUT2D eigenvalue weighted by Gasteiger charge is -2.30. The van der Waals surface area contributed by atoms with Crippen molar-refractivity contribution in [1.82, 2.24) is 9.55 Å². The molecule has 1 saturated carbocycles. The van der Waals surface area contributed by atoms with Crippen molar-refractivity contribution in [1.29, 1.82) is 0 Å². The van der Waals surface area contributed by atoms with Crippen molar-refractivity contribution in [2.45, 2.75) is 39.7 Å². The van der Waals surface area contributed by atoms with Crippen LogP contribution in [0.15, 0.2) is 6.20 Å². The second-order valence-electron chi connectivity index (χ2n) is 6.05. The summed E-state index contributed by atoms with van der Waals surface area (Å²) in [6.45, 7) is 8.08. The highest BCUT2D eigenvalue weighted by molar-refractivity contribution is 5.34. The average molecular weight is 236 g/mol. The van der Waals surface area contributed by atoms with Gasteiger partial charge in [-0.15, -0.1) is 0 Å². The lowest BCUT2D eigenvalue weighted by Crippen LogP contribution is -2.37. The minimum Gasteiger partial charge on any atom is -0.345 e. The van der Waals surface area contributed by atoms with E-state index in [-0.39, 0.29) is 5.41 Å². The van der Waals surface area contributed by atoms with Gasteiger partial charge in [-0.3, -0.25) is 0 Å². The molecule has 1 aromatic rings. The number of rotatable bonds is 5. The number of aromatic nitrogens is 2. The molecule has 1 heterocycles. The van der Waals surface area contributed by atoms with Gasteiger partial charge in [0.2, 0.25) is 5.95 Å². The predicted octanol–water partition coefficient (Wildman–Crippen LogP) is 1.95. The Kier molecular flexibility index (Phi) is 3.17. The molecule has 0 saturated heterocycles. The van der Waals surface area contributed by atoms with Crippen molar-refractivity contribution in [2.75, 3.05) is 25.0 Å². The van der Waals surface area contributed by atoms with Gasteiger partial charge in [-0.05, 0) is 31.7 Å². The number of anilines is 1. The van der Waals surface area contributed by atoms with E-state index in [1.807, 2.05) is 0 Å². The molecule has 0 bridgehead atoms. The number of nitrogens with two attached hydrogens (primary N) is 1. The molecule has 4 nitrogen and oxygen atoms in total. The van der Waals surface area contributed by atoms with E-state index in [0.29, 0.717) is 12.6 Å². The first kappa shape index (κ1) is 12.4. The van der Waals surface area contributed by atoms with E-state index in [1.165, 1.54) is 12.8 Å². The zero-order chi connectivity index (χ0) is 12.6. The molecule has 0 unspecified atom stereocenters. The van der Waals surface area contributed by atoms with Crippen LogP contribution in [0.5, 0.6) is 0 Å². The summed E-state index contributed by atoms with van der Waals surface area (Å²) >= 11 is 0. The van der Waals surface area contributed by atoms with Crippen LogP contribution in [0.3, 0.4) is 0 Å². The monoisotopic (exact) mass is 236 g/mol.